The summed E-state index contributed by atoms with van der Waals surface area (Å²) < 4.78 is 0. The number of aromatic amines is 1. The van der Waals surface area contributed by atoms with E-state index in [-0.39, 0.29) is 16.7 Å². The Bertz CT molecular complexity index is 729. The van der Waals surface area contributed by atoms with Crippen molar-refractivity contribution >= 4 is 17.4 Å². The number of carbonyl (C=O) groups is 1. The number of benzene rings is 1. The van der Waals surface area contributed by atoms with Gasteiger partial charge in [0.1, 0.15) is 5.56 Å². The maximum Gasteiger partial charge on any atom is 0.285 e. The molecule has 0 fully saturated rings. The summed E-state index contributed by atoms with van der Waals surface area (Å²) in [5, 5.41) is 20.6. The van der Waals surface area contributed by atoms with Gasteiger partial charge in [-0.2, -0.15) is 5.10 Å². The normalized spacial score (nSPS) is 11.3. The van der Waals surface area contributed by atoms with Crippen molar-refractivity contribution in [3.8, 4) is 0 Å². The number of rotatable bonds is 3. The molecule has 1 amide bonds. The van der Waals surface area contributed by atoms with Crippen molar-refractivity contribution < 1.29 is 9.72 Å². The maximum atomic E-state index is 12.3. The van der Waals surface area contributed by atoms with E-state index in [1.54, 1.807) is 25.1 Å². The highest BCUT2D eigenvalue weighted by molar-refractivity contribution is 6.06. The minimum Gasteiger partial charge on any atom is -0.305 e. The van der Waals surface area contributed by atoms with Crippen LogP contribution >= 0.6 is 0 Å². The van der Waals surface area contributed by atoms with Crippen LogP contribution in [0.1, 0.15) is 42.4 Å². The number of nitro groups is 1. The Morgan fingerprint density at radius 2 is 2.05 bits per heavy atom. The monoisotopic (exact) mass is 302 g/mol. The largest absolute Gasteiger partial charge is 0.305 e. The zero-order valence-corrected chi connectivity index (χ0v) is 12.9. The van der Waals surface area contributed by atoms with Crippen LogP contribution in [0.15, 0.2) is 24.3 Å². The molecule has 2 N–H and O–H groups in total. The number of para-hydroxylation sites is 1. The van der Waals surface area contributed by atoms with E-state index < -0.39 is 10.8 Å². The number of carbonyl (C=O) groups excluding carboxylic acids is 1. The third-order valence-corrected chi connectivity index (χ3v) is 3.29. The van der Waals surface area contributed by atoms with Crippen LogP contribution in [-0.4, -0.2) is 21.0 Å². The van der Waals surface area contributed by atoms with Crippen LogP contribution in [0.5, 0.6) is 0 Å². The lowest BCUT2D eigenvalue weighted by Gasteiger charge is -2.14. The predicted octanol–water partition coefficient (Wildman–Crippen LogP) is 3.18. The van der Waals surface area contributed by atoms with Crippen molar-refractivity contribution in [3.05, 3.63) is 51.2 Å². The number of nitrogens with zero attached hydrogens (tertiary/aromatic N) is 2. The van der Waals surface area contributed by atoms with E-state index in [2.05, 4.69) is 15.5 Å². The fraction of sp³-hybridized carbons (Fsp3) is 0.333. The highest BCUT2D eigenvalue weighted by atomic mass is 16.6. The standard InChI is InChI=1S/C15H18N4O3/c1-9-6-5-7-10(13(9)19(21)22)14(20)16-12-8-11(17-18-12)15(2,3)4/h5-8H,1-4H3,(H2,16,17,18,20). The van der Waals surface area contributed by atoms with Crippen LogP contribution in [0, 0.1) is 17.0 Å². The van der Waals surface area contributed by atoms with Crippen molar-refractivity contribution in [2.24, 2.45) is 0 Å². The van der Waals surface area contributed by atoms with Gasteiger partial charge in [0.25, 0.3) is 11.6 Å². The summed E-state index contributed by atoms with van der Waals surface area (Å²) in [5.74, 6) is -0.215. The van der Waals surface area contributed by atoms with Gasteiger partial charge < -0.3 is 5.32 Å². The second-order valence-electron chi connectivity index (χ2n) is 6.10. The average Bonchev–Trinajstić information content (AvgIpc) is 2.86. The minimum atomic E-state index is -0.553. The van der Waals surface area contributed by atoms with Crippen molar-refractivity contribution in [1.29, 1.82) is 0 Å². The van der Waals surface area contributed by atoms with E-state index in [4.69, 9.17) is 0 Å². The Hall–Kier alpha value is -2.70. The first-order valence-electron chi connectivity index (χ1n) is 6.81. The highest BCUT2D eigenvalue weighted by Crippen LogP contribution is 2.25. The van der Waals surface area contributed by atoms with Gasteiger partial charge in [0, 0.05) is 22.7 Å². The first-order valence-corrected chi connectivity index (χ1v) is 6.81. The average molecular weight is 302 g/mol. The molecule has 1 heterocycles. The lowest BCUT2D eigenvalue weighted by molar-refractivity contribution is -0.385. The van der Waals surface area contributed by atoms with Crippen molar-refractivity contribution in [2.75, 3.05) is 5.32 Å². The quantitative estimate of drug-likeness (QED) is 0.671. The Morgan fingerprint density at radius 3 is 2.59 bits per heavy atom. The van der Waals surface area contributed by atoms with E-state index in [1.807, 2.05) is 20.8 Å². The molecule has 2 aromatic rings. The van der Waals surface area contributed by atoms with Crippen LogP contribution in [0.4, 0.5) is 11.5 Å². The Kier molecular flexibility index (Phi) is 3.99. The lowest BCUT2D eigenvalue weighted by atomic mass is 9.92. The van der Waals surface area contributed by atoms with E-state index >= 15 is 0 Å². The molecule has 0 bridgehead atoms. The van der Waals surface area contributed by atoms with Gasteiger partial charge in [0.2, 0.25) is 0 Å². The molecule has 0 spiro atoms. The van der Waals surface area contributed by atoms with Crippen molar-refractivity contribution in [2.45, 2.75) is 33.1 Å². The molecular weight excluding hydrogens is 284 g/mol. The molecule has 0 atom stereocenters. The summed E-state index contributed by atoms with van der Waals surface area (Å²) in [7, 11) is 0. The van der Waals surface area contributed by atoms with Crippen LogP contribution < -0.4 is 5.32 Å². The van der Waals surface area contributed by atoms with E-state index in [0.29, 0.717) is 11.4 Å². The Labute approximate surface area is 127 Å². The second kappa shape index (κ2) is 5.59. The summed E-state index contributed by atoms with van der Waals surface area (Å²) in [6.07, 6.45) is 0. The van der Waals surface area contributed by atoms with Gasteiger partial charge in [0.05, 0.1) is 4.92 Å². The minimum absolute atomic E-state index is 0.0188. The number of H-pyrrole nitrogens is 1. The number of amides is 1. The maximum absolute atomic E-state index is 12.3. The summed E-state index contributed by atoms with van der Waals surface area (Å²) in [6.45, 7) is 7.63. The first kappa shape index (κ1) is 15.7. The van der Waals surface area contributed by atoms with Crippen LogP contribution in [0.25, 0.3) is 0 Å². The molecule has 2 rings (SSSR count). The van der Waals surface area contributed by atoms with E-state index in [0.717, 1.165) is 5.69 Å². The van der Waals surface area contributed by atoms with Gasteiger partial charge >= 0.3 is 0 Å². The molecule has 0 saturated carbocycles. The zero-order valence-electron chi connectivity index (χ0n) is 12.9. The third-order valence-electron chi connectivity index (χ3n) is 3.29. The number of nitrogens with one attached hydrogen (secondary N) is 2. The van der Waals surface area contributed by atoms with Gasteiger partial charge in [-0.1, -0.05) is 32.9 Å². The summed E-state index contributed by atoms with van der Waals surface area (Å²) in [4.78, 5) is 22.9. The first-order chi connectivity index (χ1) is 10.2. The number of aryl methyl sites for hydroxylation is 1. The molecule has 0 aliphatic rings. The van der Waals surface area contributed by atoms with Crippen molar-refractivity contribution in [3.63, 3.8) is 0 Å². The molecule has 1 aromatic carbocycles. The lowest BCUT2D eigenvalue weighted by Crippen LogP contribution is -2.15. The van der Waals surface area contributed by atoms with Crippen LogP contribution in [0.3, 0.4) is 0 Å². The number of hydrogen-bond acceptors (Lipinski definition) is 4. The summed E-state index contributed by atoms with van der Waals surface area (Å²) >= 11 is 0. The molecule has 0 saturated heterocycles. The third kappa shape index (κ3) is 3.13. The Morgan fingerprint density at radius 1 is 1.36 bits per heavy atom. The zero-order chi connectivity index (χ0) is 16.5. The van der Waals surface area contributed by atoms with Gasteiger partial charge in [-0.15, -0.1) is 0 Å². The molecule has 0 radical (unpaired) electrons. The fourth-order valence-corrected chi connectivity index (χ4v) is 2.04. The topological polar surface area (TPSA) is 101 Å². The van der Waals surface area contributed by atoms with Gasteiger partial charge in [-0.05, 0) is 13.0 Å². The van der Waals surface area contributed by atoms with E-state index in [9.17, 15) is 14.9 Å². The SMILES string of the molecule is Cc1cccc(C(=O)Nc2cc(C(C)(C)C)[nH]n2)c1[N+](=O)[O-]. The van der Waals surface area contributed by atoms with Crippen molar-refractivity contribution in [1.82, 2.24) is 10.2 Å². The number of aromatic nitrogens is 2. The number of hydrogen-bond donors (Lipinski definition) is 2. The van der Waals surface area contributed by atoms with Gasteiger partial charge in [-0.25, -0.2) is 0 Å². The van der Waals surface area contributed by atoms with Crippen LogP contribution in [0.2, 0.25) is 0 Å². The van der Waals surface area contributed by atoms with Crippen LogP contribution in [-0.2, 0) is 5.41 Å². The number of nitro benzene ring substituents is 1. The van der Waals surface area contributed by atoms with Gasteiger partial charge in [-0.3, -0.25) is 20.0 Å². The predicted molar refractivity (Wildman–Crippen MR) is 83.1 cm³/mol. The molecular formula is C15H18N4O3. The van der Waals surface area contributed by atoms with Gasteiger partial charge in [0.15, 0.2) is 5.82 Å². The summed E-state index contributed by atoms with van der Waals surface area (Å²) in [5.41, 5.74) is 0.999. The smallest absolute Gasteiger partial charge is 0.285 e. The molecule has 7 heteroatoms. The molecule has 0 aliphatic heterocycles. The molecule has 0 aliphatic carbocycles. The fourth-order valence-electron chi connectivity index (χ4n) is 2.04. The molecule has 0 unspecified atom stereocenters. The number of anilines is 1. The molecule has 22 heavy (non-hydrogen) atoms. The van der Waals surface area contributed by atoms with E-state index in [1.165, 1.54) is 6.07 Å². The highest BCUT2D eigenvalue weighted by Gasteiger charge is 2.23. The Balaban J connectivity index is 2.29. The second-order valence-corrected chi connectivity index (χ2v) is 6.10. The molecule has 116 valence electrons. The summed E-state index contributed by atoms with van der Waals surface area (Å²) in [6, 6.07) is 6.36. The molecule has 7 nitrogen and oxygen atoms in total. The molecule has 1 aromatic heterocycles.